The van der Waals surface area contributed by atoms with Gasteiger partial charge in [-0.15, -0.1) is 0 Å². The van der Waals surface area contributed by atoms with Gasteiger partial charge in [0.25, 0.3) is 0 Å². The summed E-state index contributed by atoms with van der Waals surface area (Å²) < 4.78 is 78.4. The van der Waals surface area contributed by atoms with Crippen LogP contribution in [0.5, 0.6) is 0 Å². The van der Waals surface area contributed by atoms with E-state index in [1.165, 1.54) is 0 Å². The minimum absolute atomic E-state index is 0.101. The lowest BCUT2D eigenvalue weighted by Crippen LogP contribution is -2.16. The van der Waals surface area contributed by atoms with Crippen molar-refractivity contribution in [3.8, 4) is 11.4 Å². The number of benzene rings is 3. The molecule has 4 aromatic heterocycles. The number of H-pyrrole nitrogens is 4. The second kappa shape index (κ2) is 12.6. The quantitative estimate of drug-likeness (QED) is 0.0590. The van der Waals surface area contributed by atoms with Gasteiger partial charge in [-0.25, -0.2) is 0 Å². The van der Waals surface area contributed by atoms with Crippen molar-refractivity contribution in [1.29, 1.82) is 0 Å². The number of fused-ring (bicyclic) bond motifs is 9. The first-order valence-corrected chi connectivity index (χ1v) is 18.0. The zero-order valence-electron chi connectivity index (χ0n) is 25.0. The number of nitrogens with one attached hydrogen (secondary N) is 4. The Morgan fingerprint density at radius 2 is 0.620 bits per heavy atom. The van der Waals surface area contributed by atoms with Gasteiger partial charge in [-0.3, -0.25) is 0 Å². The first kappa shape index (κ1) is 33.1. The fourth-order valence-corrected chi connectivity index (χ4v) is 9.10. The Kier molecular flexibility index (Phi) is 8.36. The van der Waals surface area contributed by atoms with Crippen molar-refractivity contribution in [3.63, 3.8) is 0 Å². The molecule has 0 saturated carbocycles. The van der Waals surface area contributed by atoms with Crippen LogP contribution in [0.2, 0.25) is 0 Å². The smallest absolute Gasteiger partial charge is 0.239 e. The van der Waals surface area contributed by atoms with Gasteiger partial charge in [0.1, 0.15) is 63.0 Å². The van der Waals surface area contributed by atoms with Gasteiger partial charge in [-0.05, 0) is 48.5 Å². The molecule has 50 heavy (non-hydrogen) atoms. The molecule has 8 bridgehead atoms. The molecule has 246 valence electrons. The number of aromatic nitrogens is 4. The number of halogens is 9. The van der Waals surface area contributed by atoms with Crippen molar-refractivity contribution in [2.45, 2.75) is 0 Å². The standard InChI is InChI=1S/C37H18Br4F5N4/c38-15-3-1-4-16(39)27(15)29-21-9-7-19(47-21)20-8-10-22(48-20)30(28-17(40)5-2-6-18(28)41)24-12-14-26(50-24)31(25-13-11-23(29)49-25)32-33(42)35(44)37(46)36(45)34(32)43/h1-14,47-50H/q+3. The molecular formula is C37H18Br4F5N4+3. The van der Waals surface area contributed by atoms with E-state index in [4.69, 9.17) is 0 Å². The Morgan fingerprint density at radius 3 is 0.980 bits per heavy atom. The van der Waals surface area contributed by atoms with Crippen LogP contribution in [-0.2, 0) is 0 Å². The lowest BCUT2D eigenvalue weighted by Gasteiger charge is -2.14. The number of aromatic amines is 4. The molecule has 0 saturated heterocycles. The highest BCUT2D eigenvalue weighted by Gasteiger charge is 2.43. The molecule has 7 aromatic rings. The maximum Gasteiger partial charge on any atom is 0.239 e. The molecule has 8 rings (SSSR count). The van der Waals surface area contributed by atoms with Crippen molar-refractivity contribution in [3.05, 3.63) is 201 Å². The lowest BCUT2D eigenvalue weighted by atomic mass is 9.91. The summed E-state index contributed by atoms with van der Waals surface area (Å²) in [7, 11) is 0. The minimum atomic E-state index is -2.24. The number of hydrogen-bond acceptors (Lipinski definition) is 0. The Labute approximate surface area is 315 Å². The Balaban J connectivity index is 1.45. The van der Waals surface area contributed by atoms with E-state index in [-0.39, 0.29) is 17.3 Å². The average Bonchev–Trinajstić information content (AvgIpc) is 3.92. The van der Waals surface area contributed by atoms with Crippen LogP contribution in [0.4, 0.5) is 22.0 Å². The fraction of sp³-hybridized carbons (Fsp3) is 0. The molecule has 1 aliphatic heterocycles. The topological polar surface area (TPSA) is 63.2 Å². The van der Waals surface area contributed by atoms with Crippen molar-refractivity contribution in [1.82, 2.24) is 19.9 Å². The molecule has 13 heteroatoms. The van der Waals surface area contributed by atoms with Gasteiger partial charge in [0, 0.05) is 75.9 Å². The first-order chi connectivity index (χ1) is 24.0. The molecule has 1 aliphatic rings. The van der Waals surface area contributed by atoms with Gasteiger partial charge in [-0.2, -0.15) is 22.0 Å². The summed E-state index contributed by atoms with van der Waals surface area (Å²) in [5.41, 5.74) is 4.55. The predicted molar refractivity (Wildman–Crippen MR) is 194 cm³/mol. The van der Waals surface area contributed by atoms with E-state index in [2.05, 4.69) is 83.7 Å². The number of hydrogen-bond donors (Lipinski definition) is 4. The molecule has 5 heterocycles. The first-order valence-electron chi connectivity index (χ1n) is 14.8. The third-order valence-electron chi connectivity index (χ3n) is 8.54. The molecule has 0 amide bonds. The van der Waals surface area contributed by atoms with E-state index >= 15 is 8.78 Å². The Hall–Kier alpha value is -4.04. The van der Waals surface area contributed by atoms with E-state index in [0.29, 0.717) is 34.6 Å². The summed E-state index contributed by atoms with van der Waals surface area (Å²) in [6, 6.07) is 25.4. The Morgan fingerprint density at radius 1 is 0.340 bits per heavy atom. The van der Waals surface area contributed by atoms with Crippen molar-refractivity contribution >= 4 is 63.7 Å². The maximum absolute atomic E-state index is 15.7. The van der Waals surface area contributed by atoms with Crippen LogP contribution in [0.25, 0.3) is 11.4 Å². The van der Waals surface area contributed by atoms with Crippen LogP contribution in [0, 0.1) is 46.8 Å². The molecule has 0 atom stereocenters. The van der Waals surface area contributed by atoms with E-state index in [1.807, 2.05) is 60.7 Å². The van der Waals surface area contributed by atoms with Gasteiger partial charge in [-0.1, -0.05) is 0 Å². The fourth-order valence-electron chi connectivity index (χ4n) is 6.31. The number of rotatable bonds is 3. The molecule has 0 spiro atoms. The summed E-state index contributed by atoms with van der Waals surface area (Å²) in [4.78, 5) is 13.5. The van der Waals surface area contributed by atoms with Crippen LogP contribution >= 0.6 is 63.7 Å². The molecule has 4 N–H and O–H groups in total. The van der Waals surface area contributed by atoms with Gasteiger partial charge in [0.15, 0.2) is 5.56 Å². The molecular weight excluding hydrogens is 915 g/mol. The highest BCUT2D eigenvalue weighted by atomic mass is 79.9. The monoisotopic (exact) mass is 929 g/mol. The summed E-state index contributed by atoms with van der Waals surface area (Å²) in [5, 5.41) is 0. The molecule has 0 fully saturated rings. The van der Waals surface area contributed by atoms with Gasteiger partial charge in [0.2, 0.25) is 29.1 Å². The van der Waals surface area contributed by atoms with Crippen molar-refractivity contribution in [2.24, 2.45) is 0 Å². The maximum atomic E-state index is 15.7. The average molecular weight is 933 g/mol. The van der Waals surface area contributed by atoms with Crippen LogP contribution in [0.15, 0.2) is 103 Å². The molecule has 3 aromatic carbocycles. The van der Waals surface area contributed by atoms with Crippen LogP contribution in [0.3, 0.4) is 0 Å². The van der Waals surface area contributed by atoms with Crippen LogP contribution < -0.4 is 0 Å². The third-order valence-corrected chi connectivity index (χ3v) is 11.2. The summed E-state index contributed by atoms with van der Waals surface area (Å²) in [6.07, 6.45) is 0. The third kappa shape index (κ3) is 5.28. The van der Waals surface area contributed by atoms with Crippen molar-refractivity contribution < 1.29 is 22.0 Å². The SMILES string of the molecule is Fc1c(F)c(F)c([C+]2c3ccc([nH]3)[C+](c3c(Br)cccc3Br)c3ccc([nH]3)-c3ccc([nH]3)[C+](c3c(Br)cccc3Br)c3ccc2[nH]3)c(F)c1F. The second-order valence-electron chi connectivity index (χ2n) is 11.4. The zero-order chi connectivity index (χ0) is 35.0. The highest BCUT2D eigenvalue weighted by molar-refractivity contribution is 9.11. The molecule has 0 unspecified atom stereocenters. The van der Waals surface area contributed by atoms with Gasteiger partial charge < -0.3 is 19.9 Å². The second-order valence-corrected chi connectivity index (χ2v) is 14.8. The van der Waals surface area contributed by atoms with Crippen LogP contribution in [-0.4, -0.2) is 19.9 Å². The van der Waals surface area contributed by atoms with E-state index in [1.54, 1.807) is 24.3 Å². The minimum Gasteiger partial charge on any atom is -0.340 e. The molecule has 0 aliphatic carbocycles. The van der Waals surface area contributed by atoms with Crippen molar-refractivity contribution in [2.75, 3.05) is 0 Å². The molecule has 0 radical (unpaired) electrons. The largest absolute Gasteiger partial charge is 0.340 e. The van der Waals surface area contributed by atoms with E-state index in [9.17, 15) is 13.2 Å². The lowest BCUT2D eigenvalue weighted by molar-refractivity contribution is 0.373. The van der Waals surface area contributed by atoms with Gasteiger partial charge in [0.05, 0.1) is 53.5 Å². The predicted octanol–water partition coefficient (Wildman–Crippen LogP) is 11.8. The highest BCUT2D eigenvalue weighted by Crippen LogP contribution is 2.44. The summed E-state index contributed by atoms with van der Waals surface area (Å²) in [6.45, 7) is 0. The summed E-state index contributed by atoms with van der Waals surface area (Å²) in [5.74, 6) is -9.19. The normalized spacial score (nSPS) is 12.8. The zero-order valence-corrected chi connectivity index (χ0v) is 31.3. The summed E-state index contributed by atoms with van der Waals surface area (Å²) >= 11 is 14.7. The Bertz CT molecular complexity index is 2240. The van der Waals surface area contributed by atoms with Crippen LogP contribution in [0.1, 0.15) is 50.9 Å². The van der Waals surface area contributed by atoms with E-state index in [0.717, 1.165) is 40.4 Å². The van der Waals surface area contributed by atoms with Gasteiger partial charge >= 0.3 is 0 Å². The van der Waals surface area contributed by atoms with E-state index < -0.39 is 34.6 Å². The molecule has 4 nitrogen and oxygen atoms in total.